The zero-order valence-electron chi connectivity index (χ0n) is 27.1. The second kappa shape index (κ2) is 22.3. The number of hydrogen-bond donors (Lipinski definition) is 3. The number of esters is 1. The van der Waals surface area contributed by atoms with Gasteiger partial charge in [0.25, 0.3) is 5.91 Å². The van der Waals surface area contributed by atoms with Gasteiger partial charge in [-0.25, -0.2) is 4.79 Å². The Labute approximate surface area is 249 Å². The predicted octanol–water partition coefficient (Wildman–Crippen LogP) is 6.94. The van der Waals surface area contributed by atoms with Crippen LogP contribution in [0.5, 0.6) is 0 Å². The summed E-state index contributed by atoms with van der Waals surface area (Å²) in [7, 11) is 6.95. The van der Waals surface area contributed by atoms with Crippen LogP contribution in [0, 0.1) is 11.8 Å². The highest BCUT2D eigenvalue weighted by molar-refractivity contribution is 5.97. The van der Waals surface area contributed by atoms with Crippen molar-refractivity contribution >= 4 is 29.6 Å². The van der Waals surface area contributed by atoms with E-state index in [4.69, 9.17) is 4.74 Å². The van der Waals surface area contributed by atoms with Crippen LogP contribution >= 0.6 is 0 Å². The Kier molecular flexibility index (Phi) is 20.5. The predicted molar refractivity (Wildman–Crippen MR) is 175 cm³/mol. The summed E-state index contributed by atoms with van der Waals surface area (Å²) in [6, 6.07) is 12.8. The van der Waals surface area contributed by atoms with Crippen molar-refractivity contribution in [1.29, 1.82) is 0 Å². The number of anilines is 2. The molecule has 0 aliphatic rings. The molecule has 0 aliphatic heterocycles. The van der Waals surface area contributed by atoms with Crippen molar-refractivity contribution < 1.29 is 14.3 Å². The molecule has 0 radical (unpaired) electrons. The van der Waals surface area contributed by atoms with E-state index in [1.807, 2.05) is 56.4 Å². The number of amides is 1. The quantitative estimate of drug-likeness (QED) is 0.137. The van der Waals surface area contributed by atoms with Crippen LogP contribution in [0.25, 0.3) is 0 Å². The summed E-state index contributed by atoms with van der Waals surface area (Å²) >= 11 is 0. The van der Waals surface area contributed by atoms with Gasteiger partial charge in [0.15, 0.2) is 0 Å². The molecular formula is C33H55N5O3. The number of aliphatic imine (C=N–C) groups is 1. The van der Waals surface area contributed by atoms with Crippen LogP contribution < -0.4 is 16.0 Å². The van der Waals surface area contributed by atoms with Gasteiger partial charge in [-0.2, -0.15) is 0 Å². The zero-order valence-corrected chi connectivity index (χ0v) is 27.1. The van der Waals surface area contributed by atoms with Gasteiger partial charge in [0.05, 0.1) is 36.9 Å². The molecule has 0 saturated carbocycles. The third kappa shape index (κ3) is 15.8. The number of nitrogens with zero attached hydrogens (tertiary/aromatic N) is 2. The molecule has 0 saturated heterocycles. The molecule has 2 rings (SSSR count). The lowest BCUT2D eigenvalue weighted by Gasteiger charge is -2.25. The normalized spacial score (nSPS) is 10.4. The van der Waals surface area contributed by atoms with E-state index in [9.17, 15) is 9.59 Å². The molecule has 0 aliphatic carbocycles. The fraction of sp³-hybridized carbons (Fsp3) is 0.545. The van der Waals surface area contributed by atoms with Gasteiger partial charge in [-0.1, -0.05) is 60.1 Å². The van der Waals surface area contributed by atoms with E-state index in [0.29, 0.717) is 29.5 Å². The Morgan fingerprint density at radius 3 is 1.85 bits per heavy atom. The Morgan fingerprint density at radius 1 is 0.878 bits per heavy atom. The van der Waals surface area contributed by atoms with Crippen molar-refractivity contribution in [2.75, 3.05) is 52.0 Å². The van der Waals surface area contributed by atoms with Crippen LogP contribution in [0.4, 0.5) is 11.4 Å². The van der Waals surface area contributed by atoms with E-state index in [1.54, 1.807) is 18.5 Å². The maximum Gasteiger partial charge on any atom is 0.337 e. The van der Waals surface area contributed by atoms with Crippen LogP contribution in [-0.4, -0.2) is 64.5 Å². The van der Waals surface area contributed by atoms with Gasteiger partial charge >= 0.3 is 5.97 Å². The minimum atomic E-state index is -0.355. The van der Waals surface area contributed by atoms with Gasteiger partial charge in [0.1, 0.15) is 0 Å². The number of ether oxygens (including phenoxy) is 1. The third-order valence-electron chi connectivity index (χ3n) is 5.74. The maximum atomic E-state index is 13.3. The minimum Gasteiger partial charge on any atom is -0.465 e. The van der Waals surface area contributed by atoms with E-state index in [2.05, 4.69) is 62.5 Å². The van der Waals surface area contributed by atoms with Crippen molar-refractivity contribution in [3.05, 3.63) is 59.2 Å². The fourth-order valence-electron chi connectivity index (χ4n) is 3.47. The topological polar surface area (TPSA) is 95.1 Å². The second-order valence-electron chi connectivity index (χ2n) is 10.7. The number of methoxy groups -OCH3 is 1. The average molecular weight is 570 g/mol. The molecule has 1 amide bonds. The number of nitrogens with one attached hydrogen (secondary N) is 3. The molecule has 3 N–H and O–H groups in total. The number of benzene rings is 2. The SMILES string of the molecule is CCC.CNC.CNc1cc(C(=O)N(CCC(C)C)CCC(C)C)ccc1NC=NCc1ccc(C(=O)OC)cc1. The summed E-state index contributed by atoms with van der Waals surface area (Å²) in [6.45, 7) is 15.0. The van der Waals surface area contributed by atoms with Crippen molar-refractivity contribution in [3.63, 3.8) is 0 Å². The smallest absolute Gasteiger partial charge is 0.337 e. The molecule has 0 atom stereocenters. The van der Waals surface area contributed by atoms with Gasteiger partial charge < -0.3 is 25.6 Å². The van der Waals surface area contributed by atoms with Crippen molar-refractivity contribution in [2.24, 2.45) is 16.8 Å². The summed E-state index contributed by atoms with van der Waals surface area (Å²) in [5.74, 6) is 0.812. The highest BCUT2D eigenvalue weighted by Crippen LogP contribution is 2.24. The van der Waals surface area contributed by atoms with E-state index < -0.39 is 0 Å². The molecule has 0 heterocycles. The lowest BCUT2D eigenvalue weighted by Crippen LogP contribution is -2.34. The summed E-state index contributed by atoms with van der Waals surface area (Å²) in [4.78, 5) is 31.2. The lowest BCUT2D eigenvalue weighted by molar-refractivity contribution is 0.0600. The first-order valence-electron chi connectivity index (χ1n) is 14.7. The average Bonchev–Trinajstić information content (AvgIpc) is 2.95. The molecule has 8 nitrogen and oxygen atoms in total. The zero-order chi connectivity index (χ0) is 31.2. The summed E-state index contributed by atoms with van der Waals surface area (Å²) < 4.78 is 4.72. The van der Waals surface area contributed by atoms with Crippen molar-refractivity contribution in [3.8, 4) is 0 Å². The largest absolute Gasteiger partial charge is 0.465 e. The van der Waals surface area contributed by atoms with E-state index in [-0.39, 0.29) is 11.9 Å². The first-order valence-corrected chi connectivity index (χ1v) is 14.7. The molecule has 0 aromatic heterocycles. The highest BCUT2D eigenvalue weighted by atomic mass is 16.5. The van der Waals surface area contributed by atoms with Crippen molar-refractivity contribution in [1.82, 2.24) is 10.2 Å². The monoisotopic (exact) mass is 569 g/mol. The van der Waals surface area contributed by atoms with Crippen LogP contribution in [0.15, 0.2) is 47.5 Å². The van der Waals surface area contributed by atoms with Crippen molar-refractivity contribution in [2.45, 2.75) is 67.3 Å². The second-order valence-corrected chi connectivity index (χ2v) is 10.7. The number of rotatable bonds is 13. The van der Waals surface area contributed by atoms with Gasteiger partial charge in [-0.15, -0.1) is 0 Å². The standard InChI is InChI=1S/C28H40N4O3.C3H8.C2H7N/c1-20(2)13-15-32(16-14-21(3)4)27(33)24-11-12-25(26(17-24)29-5)31-19-30-18-22-7-9-23(10-8-22)28(34)35-6;2*1-3-2/h7-12,17,19-21,29H,13-16,18H2,1-6H3,(H,30,31);3H2,1-2H3;3H,1-2H3. The van der Waals surface area contributed by atoms with Gasteiger partial charge in [0, 0.05) is 25.7 Å². The molecule has 0 fully saturated rings. The fourth-order valence-corrected chi connectivity index (χ4v) is 3.47. The van der Waals surface area contributed by atoms with Crippen LogP contribution in [0.2, 0.25) is 0 Å². The number of carbonyl (C=O) groups excluding carboxylic acids is 2. The van der Waals surface area contributed by atoms with Gasteiger partial charge in [-0.05, 0) is 74.7 Å². The number of carbonyl (C=O) groups is 2. The summed E-state index contributed by atoms with van der Waals surface area (Å²) in [6.07, 6.45) is 4.87. The van der Waals surface area contributed by atoms with Gasteiger partial charge in [-0.3, -0.25) is 9.79 Å². The number of hydrogen-bond acceptors (Lipinski definition) is 6. The summed E-state index contributed by atoms with van der Waals surface area (Å²) in [5, 5.41) is 9.12. The van der Waals surface area contributed by atoms with Crippen LogP contribution in [0.3, 0.4) is 0 Å². The van der Waals surface area contributed by atoms with E-state index >= 15 is 0 Å². The van der Waals surface area contributed by atoms with E-state index in [1.165, 1.54) is 13.5 Å². The lowest BCUT2D eigenvalue weighted by atomic mass is 10.1. The molecular weight excluding hydrogens is 514 g/mol. The Hall–Kier alpha value is -3.39. The molecule has 0 spiro atoms. The molecule has 0 unspecified atom stereocenters. The first kappa shape index (κ1) is 37.6. The third-order valence-corrected chi connectivity index (χ3v) is 5.74. The molecule has 41 heavy (non-hydrogen) atoms. The molecule has 2 aromatic rings. The first-order chi connectivity index (χ1) is 19.6. The Morgan fingerprint density at radius 2 is 1.39 bits per heavy atom. The van der Waals surface area contributed by atoms with Gasteiger partial charge in [0.2, 0.25) is 0 Å². The molecule has 230 valence electrons. The minimum absolute atomic E-state index is 0.0680. The molecule has 2 aromatic carbocycles. The van der Waals surface area contributed by atoms with Crippen LogP contribution in [-0.2, 0) is 11.3 Å². The molecule has 0 bridgehead atoms. The molecule has 8 heteroatoms. The Bertz CT molecular complexity index is 1010. The van der Waals surface area contributed by atoms with Crippen LogP contribution in [0.1, 0.15) is 87.1 Å². The Balaban J connectivity index is 0.00000244. The maximum absolute atomic E-state index is 13.3. The van der Waals surface area contributed by atoms with E-state index in [0.717, 1.165) is 42.9 Å². The summed E-state index contributed by atoms with van der Waals surface area (Å²) in [5.41, 5.74) is 3.84. The highest BCUT2D eigenvalue weighted by Gasteiger charge is 2.18.